The standard InChI is InChI=1S/C21H25ClN2O2/c1-24(13-14-26-20-12-5-4-10-18(20)22)15-21(25)23-19-11-6-8-16-7-2-3-9-17(16)19/h2-5,7,9-10,12,19H,6,8,11,13-15H2,1H3,(H,23,25). The first-order valence-corrected chi connectivity index (χ1v) is 9.44. The third kappa shape index (κ3) is 4.99. The highest BCUT2D eigenvalue weighted by molar-refractivity contribution is 6.32. The molecule has 5 heteroatoms. The Morgan fingerprint density at radius 2 is 2.00 bits per heavy atom. The lowest BCUT2D eigenvalue weighted by Crippen LogP contribution is -2.39. The van der Waals surface area contributed by atoms with E-state index < -0.39 is 0 Å². The van der Waals surface area contributed by atoms with Crippen LogP contribution in [-0.4, -0.2) is 37.6 Å². The summed E-state index contributed by atoms with van der Waals surface area (Å²) in [7, 11) is 1.92. The van der Waals surface area contributed by atoms with Crippen molar-refractivity contribution in [2.75, 3.05) is 26.7 Å². The molecule has 1 aliphatic rings. The van der Waals surface area contributed by atoms with Crippen molar-refractivity contribution >= 4 is 17.5 Å². The molecule has 1 aliphatic carbocycles. The molecule has 138 valence electrons. The van der Waals surface area contributed by atoms with Crippen LogP contribution >= 0.6 is 11.6 Å². The molecule has 1 unspecified atom stereocenters. The Bertz CT molecular complexity index is 750. The maximum absolute atomic E-state index is 12.4. The molecule has 0 radical (unpaired) electrons. The lowest BCUT2D eigenvalue weighted by Gasteiger charge is -2.27. The van der Waals surface area contributed by atoms with E-state index in [2.05, 4.69) is 23.5 Å². The van der Waals surface area contributed by atoms with Gasteiger partial charge in [0, 0.05) is 6.54 Å². The fourth-order valence-electron chi connectivity index (χ4n) is 3.34. The van der Waals surface area contributed by atoms with Gasteiger partial charge >= 0.3 is 0 Å². The van der Waals surface area contributed by atoms with E-state index in [1.165, 1.54) is 11.1 Å². The van der Waals surface area contributed by atoms with Gasteiger partial charge in [0.1, 0.15) is 12.4 Å². The van der Waals surface area contributed by atoms with Gasteiger partial charge in [0.25, 0.3) is 0 Å². The zero-order valence-corrected chi connectivity index (χ0v) is 15.8. The SMILES string of the molecule is CN(CCOc1ccccc1Cl)CC(=O)NC1CCCc2ccccc21. The summed E-state index contributed by atoms with van der Waals surface area (Å²) in [4.78, 5) is 14.4. The second-order valence-electron chi connectivity index (χ2n) is 6.73. The molecule has 1 N–H and O–H groups in total. The van der Waals surface area contributed by atoms with Gasteiger partial charge < -0.3 is 10.1 Å². The lowest BCUT2D eigenvalue weighted by atomic mass is 9.88. The van der Waals surface area contributed by atoms with Crippen molar-refractivity contribution in [1.82, 2.24) is 10.2 Å². The Labute approximate surface area is 160 Å². The van der Waals surface area contributed by atoms with Gasteiger partial charge in [0.05, 0.1) is 17.6 Å². The molecule has 0 fully saturated rings. The fraction of sp³-hybridized carbons (Fsp3) is 0.381. The minimum Gasteiger partial charge on any atom is -0.491 e. The Kier molecular flexibility index (Phi) is 6.53. The molecule has 0 heterocycles. The number of ether oxygens (including phenoxy) is 1. The summed E-state index contributed by atoms with van der Waals surface area (Å²) in [6.45, 7) is 1.49. The molecule has 1 amide bonds. The highest BCUT2D eigenvalue weighted by Crippen LogP contribution is 2.29. The average Bonchev–Trinajstić information content (AvgIpc) is 2.63. The Morgan fingerprint density at radius 3 is 2.85 bits per heavy atom. The number of likely N-dealkylation sites (N-methyl/N-ethyl adjacent to an activating group) is 1. The third-order valence-corrected chi connectivity index (χ3v) is 5.00. The third-order valence-electron chi connectivity index (χ3n) is 4.69. The molecule has 3 rings (SSSR count). The summed E-state index contributed by atoms with van der Waals surface area (Å²) in [5, 5.41) is 3.78. The van der Waals surface area contributed by atoms with Crippen molar-refractivity contribution in [3.05, 3.63) is 64.7 Å². The molecule has 0 bridgehead atoms. The number of para-hydroxylation sites is 1. The van der Waals surface area contributed by atoms with Crippen LogP contribution in [0.2, 0.25) is 5.02 Å². The van der Waals surface area contributed by atoms with Crippen LogP contribution in [0.5, 0.6) is 5.75 Å². The number of hydrogen-bond donors (Lipinski definition) is 1. The second kappa shape index (κ2) is 9.06. The largest absolute Gasteiger partial charge is 0.491 e. The summed E-state index contributed by atoms with van der Waals surface area (Å²) in [5.74, 6) is 0.720. The summed E-state index contributed by atoms with van der Waals surface area (Å²) < 4.78 is 5.68. The van der Waals surface area contributed by atoms with E-state index in [0.717, 1.165) is 19.3 Å². The number of nitrogens with zero attached hydrogens (tertiary/aromatic N) is 1. The smallest absolute Gasteiger partial charge is 0.234 e. The molecule has 0 aromatic heterocycles. The van der Waals surface area contributed by atoms with Crippen molar-refractivity contribution in [3.63, 3.8) is 0 Å². The minimum absolute atomic E-state index is 0.0481. The van der Waals surface area contributed by atoms with Gasteiger partial charge in [-0.05, 0) is 49.6 Å². The van der Waals surface area contributed by atoms with Gasteiger partial charge in [-0.15, -0.1) is 0 Å². The van der Waals surface area contributed by atoms with Crippen molar-refractivity contribution in [1.29, 1.82) is 0 Å². The average molecular weight is 373 g/mol. The first-order valence-electron chi connectivity index (χ1n) is 9.06. The summed E-state index contributed by atoms with van der Waals surface area (Å²) in [6, 6.07) is 15.9. The predicted octanol–water partition coefficient (Wildman–Crippen LogP) is 3.84. The maximum Gasteiger partial charge on any atom is 0.234 e. The Morgan fingerprint density at radius 1 is 1.23 bits per heavy atom. The van der Waals surface area contributed by atoms with E-state index >= 15 is 0 Å². The van der Waals surface area contributed by atoms with Gasteiger partial charge in [0.2, 0.25) is 5.91 Å². The first kappa shape index (κ1) is 18.7. The maximum atomic E-state index is 12.4. The van der Waals surface area contributed by atoms with Gasteiger partial charge in [-0.3, -0.25) is 9.69 Å². The highest BCUT2D eigenvalue weighted by Gasteiger charge is 2.21. The molecule has 4 nitrogen and oxygen atoms in total. The predicted molar refractivity (Wildman–Crippen MR) is 105 cm³/mol. The number of rotatable bonds is 7. The summed E-state index contributed by atoms with van der Waals surface area (Å²) in [5.41, 5.74) is 2.61. The number of benzene rings is 2. The molecule has 0 aliphatic heterocycles. The van der Waals surface area contributed by atoms with E-state index in [4.69, 9.17) is 16.3 Å². The Balaban J connectivity index is 1.44. The van der Waals surface area contributed by atoms with Crippen LogP contribution in [0.3, 0.4) is 0 Å². The van der Waals surface area contributed by atoms with Gasteiger partial charge in [-0.25, -0.2) is 0 Å². The van der Waals surface area contributed by atoms with Gasteiger partial charge in [-0.2, -0.15) is 0 Å². The van der Waals surface area contributed by atoms with Crippen molar-refractivity contribution in [2.24, 2.45) is 0 Å². The number of nitrogens with one attached hydrogen (secondary N) is 1. The number of fused-ring (bicyclic) bond motifs is 1. The van der Waals surface area contributed by atoms with Gasteiger partial charge in [-0.1, -0.05) is 48.0 Å². The topological polar surface area (TPSA) is 41.6 Å². The van der Waals surface area contributed by atoms with Crippen LogP contribution < -0.4 is 10.1 Å². The highest BCUT2D eigenvalue weighted by atomic mass is 35.5. The quantitative estimate of drug-likeness (QED) is 0.802. The molecule has 0 spiro atoms. The van der Waals surface area contributed by atoms with Crippen LogP contribution in [0.25, 0.3) is 0 Å². The number of hydrogen-bond acceptors (Lipinski definition) is 3. The van der Waals surface area contributed by atoms with Crippen LogP contribution in [0.1, 0.15) is 30.0 Å². The van der Waals surface area contributed by atoms with E-state index in [1.807, 2.05) is 36.2 Å². The van der Waals surface area contributed by atoms with Crippen LogP contribution in [-0.2, 0) is 11.2 Å². The molecule has 0 saturated carbocycles. The van der Waals surface area contributed by atoms with E-state index in [1.54, 1.807) is 6.07 Å². The van der Waals surface area contributed by atoms with Crippen molar-refractivity contribution in [2.45, 2.75) is 25.3 Å². The molecule has 26 heavy (non-hydrogen) atoms. The summed E-state index contributed by atoms with van der Waals surface area (Å²) in [6.07, 6.45) is 3.22. The van der Waals surface area contributed by atoms with E-state index in [9.17, 15) is 4.79 Å². The molecule has 0 saturated heterocycles. The number of aryl methyl sites for hydroxylation is 1. The van der Waals surface area contributed by atoms with E-state index in [0.29, 0.717) is 30.5 Å². The number of carbonyl (C=O) groups is 1. The molecular weight excluding hydrogens is 348 g/mol. The number of amides is 1. The normalized spacial score (nSPS) is 16.2. The fourth-order valence-corrected chi connectivity index (χ4v) is 3.53. The summed E-state index contributed by atoms with van der Waals surface area (Å²) >= 11 is 6.07. The molecule has 2 aromatic rings. The zero-order chi connectivity index (χ0) is 18.4. The van der Waals surface area contributed by atoms with Crippen molar-refractivity contribution < 1.29 is 9.53 Å². The minimum atomic E-state index is 0.0481. The monoisotopic (exact) mass is 372 g/mol. The molecular formula is C21H25ClN2O2. The zero-order valence-electron chi connectivity index (χ0n) is 15.1. The lowest BCUT2D eigenvalue weighted by molar-refractivity contribution is -0.122. The number of carbonyl (C=O) groups excluding carboxylic acids is 1. The van der Waals surface area contributed by atoms with E-state index in [-0.39, 0.29) is 11.9 Å². The number of halogens is 1. The molecule has 1 atom stereocenters. The molecule has 2 aromatic carbocycles. The van der Waals surface area contributed by atoms with Gasteiger partial charge in [0.15, 0.2) is 0 Å². The Hall–Kier alpha value is -2.04. The van der Waals surface area contributed by atoms with Crippen molar-refractivity contribution in [3.8, 4) is 5.75 Å². The second-order valence-corrected chi connectivity index (χ2v) is 7.14. The first-order chi connectivity index (χ1) is 12.6. The van der Waals surface area contributed by atoms with Crippen LogP contribution in [0, 0.1) is 0 Å². The van der Waals surface area contributed by atoms with Crippen LogP contribution in [0.15, 0.2) is 48.5 Å². The van der Waals surface area contributed by atoms with Crippen LogP contribution in [0.4, 0.5) is 0 Å².